The molecule has 1 saturated heterocycles. The molecule has 0 aliphatic carbocycles. The molecule has 1 aromatic carbocycles. The maximum atomic E-state index is 12.3. The van der Waals surface area contributed by atoms with Gasteiger partial charge in [-0.25, -0.2) is 0 Å². The Kier molecular flexibility index (Phi) is 6.55. The molecule has 140 valence electrons. The molecule has 1 aliphatic rings. The van der Waals surface area contributed by atoms with E-state index in [2.05, 4.69) is 21.7 Å². The Bertz CT molecular complexity index is 724. The summed E-state index contributed by atoms with van der Waals surface area (Å²) in [6.45, 7) is 4.80. The van der Waals surface area contributed by atoms with Crippen LogP contribution in [0.1, 0.15) is 32.6 Å². The molecular weight excluding hydrogens is 348 g/mol. The molecule has 0 radical (unpaired) electrons. The third-order valence-electron chi connectivity index (χ3n) is 4.58. The number of thioether (sulfide) groups is 1. The van der Waals surface area contributed by atoms with E-state index in [9.17, 15) is 4.79 Å². The molecule has 2 aromatic rings. The molecule has 0 bridgehead atoms. The van der Waals surface area contributed by atoms with Crippen molar-refractivity contribution in [1.29, 1.82) is 0 Å². The van der Waals surface area contributed by atoms with Crippen LogP contribution < -0.4 is 4.74 Å². The summed E-state index contributed by atoms with van der Waals surface area (Å²) in [5, 5.41) is 9.57. The monoisotopic (exact) mass is 374 g/mol. The van der Waals surface area contributed by atoms with Crippen molar-refractivity contribution in [3.05, 3.63) is 24.3 Å². The zero-order valence-corrected chi connectivity index (χ0v) is 16.3. The van der Waals surface area contributed by atoms with Gasteiger partial charge in [-0.2, -0.15) is 0 Å². The van der Waals surface area contributed by atoms with Gasteiger partial charge in [-0.1, -0.05) is 25.1 Å². The van der Waals surface area contributed by atoms with Crippen LogP contribution in [0.4, 0.5) is 0 Å². The minimum atomic E-state index is 0.198. The standard InChI is InChI=1S/C19H26N4O2S/c1-3-4-13-23-18(15-7-9-16(25-2)10-8-15)20-21-19(23)26-14-17(24)22-11-5-6-12-22/h7-10H,3-6,11-14H2,1-2H3. The van der Waals surface area contributed by atoms with E-state index in [0.717, 1.165) is 67.6 Å². The van der Waals surface area contributed by atoms with Crippen LogP contribution in [0.3, 0.4) is 0 Å². The van der Waals surface area contributed by atoms with Gasteiger partial charge in [0.05, 0.1) is 12.9 Å². The summed E-state index contributed by atoms with van der Waals surface area (Å²) in [7, 11) is 1.66. The maximum Gasteiger partial charge on any atom is 0.233 e. The Labute approximate surface area is 158 Å². The van der Waals surface area contributed by atoms with Crippen molar-refractivity contribution in [2.24, 2.45) is 0 Å². The summed E-state index contributed by atoms with van der Waals surface area (Å²) in [6.07, 6.45) is 4.38. The van der Waals surface area contributed by atoms with Gasteiger partial charge in [0.15, 0.2) is 11.0 Å². The molecule has 0 N–H and O–H groups in total. The first kappa shape index (κ1) is 18.8. The van der Waals surface area contributed by atoms with Crippen LogP contribution >= 0.6 is 11.8 Å². The van der Waals surface area contributed by atoms with Gasteiger partial charge in [-0.05, 0) is 43.5 Å². The van der Waals surface area contributed by atoms with E-state index in [1.807, 2.05) is 29.2 Å². The lowest BCUT2D eigenvalue weighted by molar-refractivity contribution is -0.127. The largest absolute Gasteiger partial charge is 0.497 e. The lowest BCUT2D eigenvalue weighted by atomic mass is 10.2. The number of methoxy groups -OCH3 is 1. The minimum Gasteiger partial charge on any atom is -0.497 e. The number of amides is 1. The van der Waals surface area contributed by atoms with Crippen molar-refractivity contribution in [1.82, 2.24) is 19.7 Å². The van der Waals surface area contributed by atoms with Crippen molar-refractivity contribution in [3.8, 4) is 17.1 Å². The highest BCUT2D eigenvalue weighted by molar-refractivity contribution is 7.99. The minimum absolute atomic E-state index is 0.198. The summed E-state index contributed by atoms with van der Waals surface area (Å²) >= 11 is 1.49. The Balaban J connectivity index is 1.76. The molecular formula is C19H26N4O2S. The predicted molar refractivity (Wildman–Crippen MR) is 103 cm³/mol. The molecule has 7 heteroatoms. The molecule has 6 nitrogen and oxygen atoms in total. The lowest BCUT2D eigenvalue weighted by Gasteiger charge is -2.15. The first-order valence-electron chi connectivity index (χ1n) is 9.21. The smallest absolute Gasteiger partial charge is 0.233 e. The van der Waals surface area contributed by atoms with Gasteiger partial charge < -0.3 is 14.2 Å². The van der Waals surface area contributed by atoms with E-state index in [1.165, 1.54) is 11.8 Å². The van der Waals surface area contributed by atoms with E-state index in [-0.39, 0.29) is 5.91 Å². The van der Waals surface area contributed by atoms with Gasteiger partial charge in [0.2, 0.25) is 5.91 Å². The second kappa shape index (κ2) is 9.07. The van der Waals surface area contributed by atoms with Gasteiger partial charge in [0.1, 0.15) is 5.75 Å². The van der Waals surface area contributed by atoms with E-state index >= 15 is 0 Å². The number of hydrogen-bond donors (Lipinski definition) is 0. The Morgan fingerprint density at radius 2 is 1.92 bits per heavy atom. The summed E-state index contributed by atoms with van der Waals surface area (Å²) in [6, 6.07) is 7.85. The molecule has 0 spiro atoms. The number of aromatic nitrogens is 3. The first-order chi connectivity index (χ1) is 12.7. The zero-order valence-electron chi connectivity index (χ0n) is 15.5. The van der Waals surface area contributed by atoms with Crippen molar-refractivity contribution >= 4 is 17.7 Å². The van der Waals surface area contributed by atoms with Crippen molar-refractivity contribution in [2.75, 3.05) is 26.0 Å². The highest BCUT2D eigenvalue weighted by Gasteiger charge is 2.20. The highest BCUT2D eigenvalue weighted by Crippen LogP contribution is 2.26. The molecule has 1 aromatic heterocycles. The van der Waals surface area contributed by atoms with E-state index < -0.39 is 0 Å². The molecule has 26 heavy (non-hydrogen) atoms. The van der Waals surface area contributed by atoms with Crippen LogP contribution in [0.5, 0.6) is 5.75 Å². The molecule has 1 fully saturated rings. The van der Waals surface area contributed by atoms with Crippen LogP contribution in [0.25, 0.3) is 11.4 Å². The predicted octanol–water partition coefficient (Wildman–Crippen LogP) is 3.47. The molecule has 1 amide bonds. The normalized spacial score (nSPS) is 14.0. The number of hydrogen-bond acceptors (Lipinski definition) is 5. The summed E-state index contributed by atoms with van der Waals surface area (Å²) in [5.41, 5.74) is 1.01. The molecule has 0 atom stereocenters. The van der Waals surface area contributed by atoms with Crippen LogP contribution in [0.15, 0.2) is 29.4 Å². The fourth-order valence-electron chi connectivity index (χ4n) is 3.05. The Hall–Kier alpha value is -2.02. The fourth-order valence-corrected chi connectivity index (χ4v) is 3.92. The highest BCUT2D eigenvalue weighted by atomic mass is 32.2. The number of nitrogens with zero attached hydrogens (tertiary/aromatic N) is 4. The fraction of sp³-hybridized carbons (Fsp3) is 0.526. The van der Waals surface area contributed by atoms with Crippen LogP contribution in [-0.4, -0.2) is 51.5 Å². The summed E-state index contributed by atoms with van der Waals surface area (Å²) in [5.74, 6) is 2.28. The molecule has 0 saturated carbocycles. The SMILES string of the molecule is CCCCn1c(SCC(=O)N2CCCC2)nnc1-c1ccc(OC)cc1. The van der Waals surface area contributed by atoms with Crippen molar-refractivity contribution in [3.63, 3.8) is 0 Å². The molecule has 1 aliphatic heterocycles. The van der Waals surface area contributed by atoms with Crippen LogP contribution in [-0.2, 0) is 11.3 Å². The van der Waals surface area contributed by atoms with Gasteiger partial charge in [-0.15, -0.1) is 10.2 Å². The Morgan fingerprint density at radius 1 is 1.19 bits per heavy atom. The van der Waals surface area contributed by atoms with E-state index in [4.69, 9.17) is 4.74 Å². The molecule has 0 unspecified atom stereocenters. The number of unbranched alkanes of at least 4 members (excludes halogenated alkanes) is 1. The quantitative estimate of drug-likeness (QED) is 0.662. The number of likely N-dealkylation sites (tertiary alicyclic amines) is 1. The summed E-state index contributed by atoms with van der Waals surface area (Å²) < 4.78 is 7.36. The second-order valence-corrected chi connectivity index (χ2v) is 7.36. The topological polar surface area (TPSA) is 60.2 Å². The number of ether oxygens (including phenoxy) is 1. The van der Waals surface area contributed by atoms with E-state index in [0.29, 0.717) is 5.75 Å². The zero-order chi connectivity index (χ0) is 18.4. The Morgan fingerprint density at radius 3 is 2.58 bits per heavy atom. The number of benzene rings is 1. The average Bonchev–Trinajstić information content (AvgIpc) is 3.34. The average molecular weight is 375 g/mol. The van der Waals surface area contributed by atoms with E-state index in [1.54, 1.807) is 7.11 Å². The summed E-state index contributed by atoms with van der Waals surface area (Å²) in [4.78, 5) is 14.3. The van der Waals surface area contributed by atoms with Crippen molar-refractivity contribution < 1.29 is 9.53 Å². The van der Waals surface area contributed by atoms with Crippen LogP contribution in [0, 0.1) is 0 Å². The third-order valence-corrected chi connectivity index (χ3v) is 5.54. The first-order valence-corrected chi connectivity index (χ1v) is 10.2. The maximum absolute atomic E-state index is 12.3. The number of carbonyl (C=O) groups is 1. The second-order valence-electron chi connectivity index (χ2n) is 6.42. The third kappa shape index (κ3) is 4.38. The van der Waals surface area contributed by atoms with Crippen LogP contribution in [0.2, 0.25) is 0 Å². The number of carbonyl (C=O) groups excluding carboxylic acids is 1. The number of rotatable bonds is 8. The molecule has 3 rings (SSSR count). The lowest BCUT2D eigenvalue weighted by Crippen LogP contribution is -2.29. The van der Waals surface area contributed by atoms with Gasteiger partial charge >= 0.3 is 0 Å². The molecule has 2 heterocycles. The van der Waals surface area contributed by atoms with Crippen molar-refractivity contribution in [2.45, 2.75) is 44.3 Å². The van der Waals surface area contributed by atoms with Gasteiger partial charge in [0.25, 0.3) is 0 Å². The van der Waals surface area contributed by atoms with Gasteiger partial charge in [0, 0.05) is 25.2 Å². The van der Waals surface area contributed by atoms with Gasteiger partial charge in [-0.3, -0.25) is 4.79 Å².